The van der Waals surface area contributed by atoms with E-state index in [9.17, 15) is 4.79 Å². The number of carbonyl (C=O) groups is 1. The number of hydrogen-bond donors (Lipinski definition) is 0. The van der Waals surface area contributed by atoms with Crippen molar-refractivity contribution in [2.45, 2.75) is 20.3 Å². The molecule has 0 aliphatic carbocycles. The average Bonchev–Trinajstić information content (AvgIpc) is 2.42. The molecule has 0 saturated carbocycles. The van der Waals surface area contributed by atoms with Gasteiger partial charge in [0.2, 0.25) is 0 Å². The number of benzene rings is 1. The monoisotopic (exact) mass is 242 g/mol. The Morgan fingerprint density at radius 3 is 2.67 bits per heavy atom. The quantitative estimate of drug-likeness (QED) is 0.450. The third kappa shape index (κ3) is 4.88. The normalized spacial score (nSPS) is 12.1. The van der Waals surface area contributed by atoms with Crippen molar-refractivity contribution in [3.8, 4) is 12.3 Å². The van der Waals surface area contributed by atoms with Gasteiger partial charge in [-0.2, -0.15) is 0 Å². The summed E-state index contributed by atoms with van der Waals surface area (Å²) in [6.45, 7) is 4.59. The third-order valence-corrected chi connectivity index (χ3v) is 2.70. The molecule has 1 rings (SSSR count). The summed E-state index contributed by atoms with van der Waals surface area (Å²) in [5, 5.41) is 0. The number of ether oxygens (including phenoxy) is 1. The maximum absolute atomic E-state index is 11.4. The molecule has 0 amide bonds. The molecule has 1 unspecified atom stereocenters. The van der Waals surface area contributed by atoms with Gasteiger partial charge in [-0.1, -0.05) is 38.3 Å². The van der Waals surface area contributed by atoms with Crippen LogP contribution in [-0.2, 0) is 9.53 Å². The lowest BCUT2D eigenvalue weighted by Gasteiger charge is -2.07. The molecule has 1 aromatic rings. The van der Waals surface area contributed by atoms with Crippen LogP contribution >= 0.6 is 0 Å². The van der Waals surface area contributed by atoms with Gasteiger partial charge in [0, 0.05) is 11.6 Å². The minimum atomic E-state index is -0.309. The summed E-state index contributed by atoms with van der Waals surface area (Å²) in [5.41, 5.74) is 1.75. The van der Waals surface area contributed by atoms with Crippen molar-refractivity contribution in [1.29, 1.82) is 0 Å². The molecule has 1 atom stereocenters. The van der Waals surface area contributed by atoms with Gasteiger partial charge in [-0.05, 0) is 29.7 Å². The highest BCUT2D eigenvalue weighted by Gasteiger charge is 2.02. The van der Waals surface area contributed by atoms with E-state index in [1.807, 2.05) is 24.3 Å². The van der Waals surface area contributed by atoms with Crippen molar-refractivity contribution in [1.82, 2.24) is 0 Å². The topological polar surface area (TPSA) is 26.3 Å². The lowest BCUT2D eigenvalue weighted by atomic mass is 10.1. The molecule has 0 saturated heterocycles. The van der Waals surface area contributed by atoms with Gasteiger partial charge in [0.1, 0.15) is 0 Å². The van der Waals surface area contributed by atoms with Gasteiger partial charge < -0.3 is 4.74 Å². The Balaban J connectivity index is 2.48. The summed E-state index contributed by atoms with van der Waals surface area (Å²) in [5.74, 6) is 2.63. The van der Waals surface area contributed by atoms with Crippen LogP contribution in [0, 0.1) is 18.3 Å². The second-order valence-electron chi connectivity index (χ2n) is 4.24. The lowest BCUT2D eigenvalue weighted by molar-refractivity contribution is -0.138. The largest absolute Gasteiger partial charge is 0.462 e. The second kappa shape index (κ2) is 7.34. The Morgan fingerprint density at radius 1 is 1.44 bits per heavy atom. The molecule has 0 radical (unpaired) electrons. The van der Waals surface area contributed by atoms with Gasteiger partial charge in [0.15, 0.2) is 0 Å². The Bertz CT molecular complexity index is 449. The zero-order valence-electron chi connectivity index (χ0n) is 10.8. The van der Waals surface area contributed by atoms with E-state index >= 15 is 0 Å². The fourth-order valence-corrected chi connectivity index (χ4v) is 1.25. The predicted molar refractivity (Wildman–Crippen MR) is 73.8 cm³/mol. The van der Waals surface area contributed by atoms with E-state index in [4.69, 9.17) is 11.2 Å². The van der Waals surface area contributed by atoms with Crippen LogP contribution in [0.1, 0.15) is 31.4 Å². The number of rotatable bonds is 5. The molecule has 2 nitrogen and oxygen atoms in total. The van der Waals surface area contributed by atoms with Crippen molar-refractivity contribution in [3.05, 3.63) is 41.5 Å². The van der Waals surface area contributed by atoms with Crippen molar-refractivity contribution in [3.63, 3.8) is 0 Å². The molecule has 2 heteroatoms. The minimum absolute atomic E-state index is 0.309. The number of esters is 1. The highest BCUT2D eigenvalue weighted by atomic mass is 16.5. The summed E-state index contributed by atoms with van der Waals surface area (Å²) < 4.78 is 5.10. The van der Waals surface area contributed by atoms with E-state index < -0.39 is 0 Å². The molecule has 0 heterocycles. The van der Waals surface area contributed by atoms with Crippen molar-refractivity contribution < 1.29 is 9.53 Å². The first kappa shape index (κ1) is 14.1. The molecule has 0 aromatic heterocycles. The van der Waals surface area contributed by atoms with E-state index in [2.05, 4.69) is 19.8 Å². The maximum Gasteiger partial charge on any atom is 0.330 e. The molecule has 0 fully saturated rings. The molecule has 1 aromatic carbocycles. The summed E-state index contributed by atoms with van der Waals surface area (Å²) in [7, 11) is 0. The van der Waals surface area contributed by atoms with Crippen LogP contribution in [0.4, 0.5) is 0 Å². The first-order valence-electron chi connectivity index (χ1n) is 6.07. The highest BCUT2D eigenvalue weighted by molar-refractivity contribution is 5.87. The Kier molecular flexibility index (Phi) is 5.73. The summed E-state index contributed by atoms with van der Waals surface area (Å²) in [6, 6.07) is 7.41. The van der Waals surface area contributed by atoms with Crippen LogP contribution in [-0.4, -0.2) is 12.6 Å². The summed E-state index contributed by atoms with van der Waals surface area (Å²) in [4.78, 5) is 11.4. The summed E-state index contributed by atoms with van der Waals surface area (Å²) in [6.07, 6.45) is 9.42. The van der Waals surface area contributed by atoms with Crippen molar-refractivity contribution >= 4 is 12.0 Å². The molecule has 0 aliphatic heterocycles. The van der Waals surface area contributed by atoms with E-state index in [1.54, 1.807) is 6.08 Å². The maximum atomic E-state index is 11.4. The highest BCUT2D eigenvalue weighted by Crippen LogP contribution is 2.06. The van der Waals surface area contributed by atoms with Crippen LogP contribution in [0.3, 0.4) is 0 Å². The van der Waals surface area contributed by atoms with Gasteiger partial charge >= 0.3 is 5.97 Å². The zero-order valence-corrected chi connectivity index (χ0v) is 10.8. The van der Waals surface area contributed by atoms with Crippen LogP contribution in [0.15, 0.2) is 30.3 Å². The molecule has 0 N–H and O–H groups in total. The Morgan fingerprint density at radius 2 is 2.11 bits per heavy atom. The zero-order chi connectivity index (χ0) is 13.4. The number of carbonyl (C=O) groups excluding carboxylic acids is 1. The molecule has 0 aliphatic rings. The fourth-order valence-electron chi connectivity index (χ4n) is 1.25. The SMILES string of the molecule is C#Cc1ccc(C=CC(=O)OCC(C)CC)cc1. The average molecular weight is 242 g/mol. The standard InChI is InChI=1S/C16H18O2/c1-4-13(3)12-18-16(17)11-10-15-8-6-14(5-2)7-9-15/h2,6-11,13H,4,12H2,1,3H3. The fraction of sp³-hybridized carbons (Fsp3) is 0.312. The molecular formula is C16H18O2. The van der Waals surface area contributed by atoms with Crippen molar-refractivity contribution in [2.24, 2.45) is 5.92 Å². The van der Waals surface area contributed by atoms with Gasteiger partial charge in [0.25, 0.3) is 0 Å². The van der Waals surface area contributed by atoms with Crippen LogP contribution < -0.4 is 0 Å². The van der Waals surface area contributed by atoms with Crippen LogP contribution in [0.25, 0.3) is 6.08 Å². The van der Waals surface area contributed by atoms with E-state index in [1.165, 1.54) is 6.08 Å². The van der Waals surface area contributed by atoms with Crippen molar-refractivity contribution in [2.75, 3.05) is 6.61 Å². The molecule has 0 spiro atoms. The van der Waals surface area contributed by atoms with E-state index in [0.717, 1.165) is 17.5 Å². The van der Waals surface area contributed by atoms with Gasteiger partial charge in [0.05, 0.1) is 6.61 Å². The van der Waals surface area contributed by atoms with E-state index in [0.29, 0.717) is 12.5 Å². The summed E-state index contributed by atoms with van der Waals surface area (Å²) >= 11 is 0. The first-order valence-corrected chi connectivity index (χ1v) is 6.07. The lowest BCUT2D eigenvalue weighted by Crippen LogP contribution is -2.08. The minimum Gasteiger partial charge on any atom is -0.462 e. The van der Waals surface area contributed by atoms with Crippen LogP contribution in [0.5, 0.6) is 0 Å². The van der Waals surface area contributed by atoms with Gasteiger partial charge in [-0.15, -0.1) is 6.42 Å². The van der Waals surface area contributed by atoms with Gasteiger partial charge in [-0.3, -0.25) is 0 Å². The second-order valence-corrected chi connectivity index (χ2v) is 4.24. The predicted octanol–water partition coefficient (Wildman–Crippen LogP) is 3.27. The smallest absolute Gasteiger partial charge is 0.330 e. The third-order valence-electron chi connectivity index (χ3n) is 2.70. The van der Waals surface area contributed by atoms with Gasteiger partial charge in [-0.25, -0.2) is 4.79 Å². The molecular weight excluding hydrogens is 224 g/mol. The molecule has 0 bridgehead atoms. The Labute approximate surface area is 109 Å². The molecule has 94 valence electrons. The Hall–Kier alpha value is -2.01. The van der Waals surface area contributed by atoms with E-state index in [-0.39, 0.29) is 5.97 Å². The number of hydrogen-bond acceptors (Lipinski definition) is 2. The first-order chi connectivity index (χ1) is 8.65. The van der Waals surface area contributed by atoms with Crippen LogP contribution in [0.2, 0.25) is 0 Å². The molecule has 18 heavy (non-hydrogen) atoms. The number of terminal acetylenes is 1.